The first-order chi connectivity index (χ1) is 12.1. The predicted molar refractivity (Wildman–Crippen MR) is 96.3 cm³/mol. The molecule has 2 aromatic rings. The Kier molecular flexibility index (Phi) is 6.91. The topological polar surface area (TPSA) is 66.0 Å². The third-order valence-corrected chi connectivity index (χ3v) is 3.70. The highest BCUT2D eigenvalue weighted by molar-refractivity contribution is 6.32. The zero-order chi connectivity index (χ0) is 18.2. The minimum Gasteiger partial charge on any atom is -0.497 e. The number of carbonyl (C=O) groups is 1. The van der Waals surface area contributed by atoms with Gasteiger partial charge >= 0.3 is 0 Å². The standard InChI is InChI=1S/C18H20ClNO5/c1-22-9-10-25-17-14(19)5-4-6-15(17)20-18(21)13-8-7-12(23-2)11-16(13)24-3/h4-8,11H,9-10H2,1-3H3,(H,20,21). The molecule has 25 heavy (non-hydrogen) atoms. The number of halogens is 1. The minimum atomic E-state index is -0.349. The largest absolute Gasteiger partial charge is 0.497 e. The lowest BCUT2D eigenvalue weighted by molar-refractivity contribution is 0.102. The molecular weight excluding hydrogens is 346 g/mol. The second kappa shape index (κ2) is 9.15. The lowest BCUT2D eigenvalue weighted by atomic mass is 10.1. The summed E-state index contributed by atoms with van der Waals surface area (Å²) in [6, 6.07) is 10.1. The summed E-state index contributed by atoms with van der Waals surface area (Å²) in [7, 11) is 4.61. The van der Waals surface area contributed by atoms with Crippen molar-refractivity contribution in [3.8, 4) is 17.2 Å². The van der Waals surface area contributed by atoms with Crippen molar-refractivity contribution < 1.29 is 23.7 Å². The van der Waals surface area contributed by atoms with Crippen molar-refractivity contribution in [1.82, 2.24) is 0 Å². The Balaban J connectivity index is 2.24. The Morgan fingerprint density at radius 2 is 1.88 bits per heavy atom. The molecule has 2 rings (SSSR count). The molecule has 6 nitrogen and oxygen atoms in total. The van der Waals surface area contributed by atoms with Crippen LogP contribution in [0.4, 0.5) is 5.69 Å². The van der Waals surface area contributed by atoms with Gasteiger partial charge in [0.1, 0.15) is 18.1 Å². The highest BCUT2D eigenvalue weighted by atomic mass is 35.5. The van der Waals surface area contributed by atoms with E-state index in [0.29, 0.717) is 46.7 Å². The van der Waals surface area contributed by atoms with Crippen LogP contribution in [-0.4, -0.2) is 40.5 Å². The Hall–Kier alpha value is -2.44. The van der Waals surface area contributed by atoms with Gasteiger partial charge in [-0.05, 0) is 24.3 Å². The Labute approximate surface area is 151 Å². The molecule has 0 bridgehead atoms. The summed E-state index contributed by atoms with van der Waals surface area (Å²) in [5, 5.41) is 3.20. The van der Waals surface area contributed by atoms with E-state index in [2.05, 4.69) is 5.32 Å². The van der Waals surface area contributed by atoms with E-state index < -0.39 is 0 Å². The van der Waals surface area contributed by atoms with Crippen molar-refractivity contribution in [2.24, 2.45) is 0 Å². The molecule has 7 heteroatoms. The number of para-hydroxylation sites is 1. The molecule has 0 unspecified atom stereocenters. The Bertz CT molecular complexity index is 735. The van der Waals surface area contributed by atoms with Gasteiger partial charge in [-0.15, -0.1) is 0 Å². The first-order valence-electron chi connectivity index (χ1n) is 7.54. The van der Waals surface area contributed by atoms with Crippen molar-refractivity contribution >= 4 is 23.2 Å². The number of nitrogens with one attached hydrogen (secondary N) is 1. The molecule has 0 saturated heterocycles. The van der Waals surface area contributed by atoms with Gasteiger partial charge in [-0.25, -0.2) is 0 Å². The highest BCUT2D eigenvalue weighted by Crippen LogP contribution is 2.34. The number of hydrogen-bond acceptors (Lipinski definition) is 5. The SMILES string of the molecule is COCCOc1c(Cl)cccc1NC(=O)c1ccc(OC)cc1OC. The maximum absolute atomic E-state index is 12.6. The normalized spacial score (nSPS) is 10.2. The first-order valence-corrected chi connectivity index (χ1v) is 7.92. The smallest absolute Gasteiger partial charge is 0.259 e. The van der Waals surface area contributed by atoms with Gasteiger partial charge in [0.15, 0.2) is 5.75 Å². The molecule has 0 radical (unpaired) electrons. The fourth-order valence-electron chi connectivity index (χ4n) is 2.16. The maximum atomic E-state index is 12.6. The van der Waals surface area contributed by atoms with Gasteiger partial charge in [0.25, 0.3) is 5.91 Å². The van der Waals surface area contributed by atoms with E-state index in [-0.39, 0.29) is 5.91 Å². The summed E-state index contributed by atoms with van der Waals surface area (Å²) in [6.45, 7) is 0.722. The van der Waals surface area contributed by atoms with Crippen molar-refractivity contribution in [3.05, 3.63) is 47.0 Å². The van der Waals surface area contributed by atoms with E-state index in [9.17, 15) is 4.79 Å². The number of anilines is 1. The molecule has 0 aliphatic heterocycles. The number of hydrogen-bond donors (Lipinski definition) is 1. The summed E-state index contributed by atoms with van der Waals surface area (Å²) in [5.41, 5.74) is 0.831. The van der Waals surface area contributed by atoms with Crippen LogP contribution in [0.15, 0.2) is 36.4 Å². The van der Waals surface area contributed by atoms with Gasteiger partial charge in [-0.1, -0.05) is 17.7 Å². The fraction of sp³-hybridized carbons (Fsp3) is 0.278. The zero-order valence-electron chi connectivity index (χ0n) is 14.3. The average Bonchev–Trinajstić information content (AvgIpc) is 2.63. The molecule has 1 amide bonds. The van der Waals surface area contributed by atoms with Gasteiger partial charge in [-0.2, -0.15) is 0 Å². The summed E-state index contributed by atoms with van der Waals surface area (Å²) >= 11 is 6.18. The minimum absolute atomic E-state index is 0.314. The van der Waals surface area contributed by atoms with Crippen LogP contribution in [0, 0.1) is 0 Å². The number of ether oxygens (including phenoxy) is 4. The fourth-order valence-corrected chi connectivity index (χ4v) is 2.39. The summed E-state index contributed by atoms with van der Waals surface area (Å²) in [5.74, 6) is 1.04. The molecule has 0 saturated carbocycles. The molecule has 134 valence electrons. The van der Waals surface area contributed by atoms with Crippen LogP contribution >= 0.6 is 11.6 Å². The van der Waals surface area contributed by atoms with E-state index in [4.69, 9.17) is 30.5 Å². The number of benzene rings is 2. The second-order valence-electron chi connectivity index (χ2n) is 4.98. The van der Waals surface area contributed by atoms with Crippen molar-refractivity contribution in [3.63, 3.8) is 0 Å². The van der Waals surface area contributed by atoms with E-state index in [1.807, 2.05) is 0 Å². The first kappa shape index (κ1) is 18.9. The molecule has 0 aliphatic carbocycles. The molecule has 2 aromatic carbocycles. The quantitative estimate of drug-likeness (QED) is 0.723. The Morgan fingerprint density at radius 3 is 2.56 bits per heavy atom. The van der Waals surface area contributed by atoms with Crippen LogP contribution in [0.2, 0.25) is 5.02 Å². The zero-order valence-corrected chi connectivity index (χ0v) is 15.1. The van der Waals surface area contributed by atoms with Gasteiger partial charge in [0, 0.05) is 13.2 Å². The van der Waals surface area contributed by atoms with E-state index >= 15 is 0 Å². The molecule has 0 aliphatic rings. The Morgan fingerprint density at radius 1 is 1.08 bits per heavy atom. The molecule has 0 aromatic heterocycles. The number of rotatable bonds is 8. The molecule has 0 atom stereocenters. The lowest BCUT2D eigenvalue weighted by Crippen LogP contribution is -2.15. The van der Waals surface area contributed by atoms with Crippen LogP contribution in [0.3, 0.4) is 0 Å². The molecule has 0 spiro atoms. The van der Waals surface area contributed by atoms with Crippen LogP contribution in [0.25, 0.3) is 0 Å². The molecule has 1 N–H and O–H groups in total. The number of amides is 1. The van der Waals surface area contributed by atoms with E-state index in [1.54, 1.807) is 50.6 Å². The average molecular weight is 366 g/mol. The van der Waals surface area contributed by atoms with Crippen LogP contribution in [0.5, 0.6) is 17.2 Å². The van der Waals surface area contributed by atoms with Gasteiger partial charge in [0.05, 0.1) is 37.1 Å². The summed E-state index contributed by atoms with van der Waals surface area (Å²) < 4.78 is 21.0. The number of methoxy groups -OCH3 is 3. The van der Waals surface area contributed by atoms with Crippen molar-refractivity contribution in [2.45, 2.75) is 0 Å². The van der Waals surface area contributed by atoms with Crippen LogP contribution in [-0.2, 0) is 4.74 Å². The third kappa shape index (κ3) is 4.78. The maximum Gasteiger partial charge on any atom is 0.259 e. The van der Waals surface area contributed by atoms with Gasteiger partial charge in [0.2, 0.25) is 0 Å². The molecule has 0 fully saturated rings. The molecule has 0 heterocycles. The summed E-state index contributed by atoms with van der Waals surface area (Å²) in [6.07, 6.45) is 0. The van der Waals surface area contributed by atoms with Crippen LogP contribution in [0.1, 0.15) is 10.4 Å². The third-order valence-electron chi connectivity index (χ3n) is 3.40. The van der Waals surface area contributed by atoms with Gasteiger partial charge in [-0.3, -0.25) is 4.79 Å². The number of carbonyl (C=O) groups excluding carboxylic acids is 1. The second-order valence-corrected chi connectivity index (χ2v) is 5.39. The van der Waals surface area contributed by atoms with E-state index in [1.165, 1.54) is 7.11 Å². The van der Waals surface area contributed by atoms with Crippen LogP contribution < -0.4 is 19.5 Å². The lowest BCUT2D eigenvalue weighted by Gasteiger charge is -2.15. The highest BCUT2D eigenvalue weighted by Gasteiger charge is 2.17. The van der Waals surface area contributed by atoms with Gasteiger partial charge < -0.3 is 24.3 Å². The molecular formula is C18H20ClNO5. The predicted octanol–water partition coefficient (Wildman–Crippen LogP) is 3.63. The summed E-state index contributed by atoms with van der Waals surface area (Å²) in [4.78, 5) is 12.6. The van der Waals surface area contributed by atoms with Crippen molar-refractivity contribution in [2.75, 3.05) is 39.9 Å². The monoisotopic (exact) mass is 365 g/mol. The van der Waals surface area contributed by atoms with Crippen molar-refractivity contribution in [1.29, 1.82) is 0 Å². The van der Waals surface area contributed by atoms with E-state index in [0.717, 1.165) is 0 Å².